The van der Waals surface area contributed by atoms with Gasteiger partial charge in [0.05, 0.1) is 0 Å². The predicted octanol–water partition coefficient (Wildman–Crippen LogP) is 2.80. The molecule has 0 aliphatic carbocycles. The van der Waals surface area contributed by atoms with Crippen molar-refractivity contribution in [2.24, 2.45) is 0 Å². The normalized spacial score (nSPS) is 10.4. The molecule has 0 amide bonds. The van der Waals surface area contributed by atoms with Crippen LogP contribution in [0.3, 0.4) is 0 Å². The molecule has 0 bridgehead atoms. The minimum Gasteiger partial charge on any atom is -0.298 e. The molecular formula is C13H12BrN3OS. The third-order valence-corrected chi connectivity index (χ3v) is 3.70. The van der Waals surface area contributed by atoms with E-state index in [4.69, 9.17) is 0 Å². The van der Waals surface area contributed by atoms with Gasteiger partial charge in [-0.3, -0.25) is 9.78 Å². The number of rotatable bonds is 5. The molecule has 0 unspecified atom stereocenters. The number of nitrogens with one attached hydrogen (secondary N) is 1. The third-order valence-electron chi connectivity index (χ3n) is 2.34. The van der Waals surface area contributed by atoms with E-state index >= 15 is 0 Å². The van der Waals surface area contributed by atoms with Gasteiger partial charge in [0.25, 0.3) is 5.56 Å². The lowest BCUT2D eigenvalue weighted by Crippen LogP contribution is -2.17. The largest absolute Gasteiger partial charge is 0.298 e. The highest BCUT2D eigenvalue weighted by molar-refractivity contribution is 9.10. The minimum atomic E-state index is -0.193. The van der Waals surface area contributed by atoms with Gasteiger partial charge in [-0.2, -0.15) is 0 Å². The highest BCUT2D eigenvalue weighted by Crippen LogP contribution is 2.14. The molecule has 0 aliphatic rings. The van der Waals surface area contributed by atoms with Gasteiger partial charge >= 0.3 is 0 Å². The molecule has 0 saturated carbocycles. The molecule has 4 nitrogen and oxygen atoms in total. The van der Waals surface area contributed by atoms with E-state index in [0.717, 1.165) is 10.0 Å². The summed E-state index contributed by atoms with van der Waals surface area (Å²) in [6.45, 7) is 3.61. The summed E-state index contributed by atoms with van der Waals surface area (Å²) in [6.07, 6.45) is 2.22. The molecule has 19 heavy (non-hydrogen) atoms. The smallest absolute Gasteiger partial charge is 0.273 e. The van der Waals surface area contributed by atoms with Crippen molar-refractivity contribution in [2.45, 2.75) is 11.6 Å². The van der Waals surface area contributed by atoms with E-state index < -0.39 is 0 Å². The second-order valence-electron chi connectivity index (χ2n) is 3.81. The summed E-state index contributed by atoms with van der Waals surface area (Å²) in [5.41, 5.74) is 1.24. The van der Waals surface area contributed by atoms with Crippen molar-refractivity contribution in [1.82, 2.24) is 15.2 Å². The van der Waals surface area contributed by atoms with E-state index in [9.17, 15) is 4.79 Å². The fourth-order valence-electron chi connectivity index (χ4n) is 1.50. The van der Waals surface area contributed by atoms with Gasteiger partial charge in [0.1, 0.15) is 5.69 Å². The van der Waals surface area contributed by atoms with Gasteiger partial charge < -0.3 is 0 Å². The zero-order valence-electron chi connectivity index (χ0n) is 10.1. The molecule has 2 aromatic rings. The van der Waals surface area contributed by atoms with Crippen LogP contribution in [-0.4, -0.2) is 20.9 Å². The van der Waals surface area contributed by atoms with E-state index in [0.29, 0.717) is 23.0 Å². The maximum Gasteiger partial charge on any atom is 0.273 e. The lowest BCUT2D eigenvalue weighted by atomic mass is 10.1. The Morgan fingerprint density at radius 2 is 2.26 bits per heavy atom. The first-order valence-corrected chi connectivity index (χ1v) is 7.41. The number of hydrogen-bond donors (Lipinski definition) is 1. The minimum absolute atomic E-state index is 0.193. The van der Waals surface area contributed by atoms with Gasteiger partial charge in [0.2, 0.25) is 0 Å². The summed E-state index contributed by atoms with van der Waals surface area (Å²) in [4.78, 5) is 14.6. The molecule has 0 radical (unpaired) electrons. The Labute approximate surface area is 123 Å². The topological polar surface area (TPSA) is 58.6 Å². The van der Waals surface area contributed by atoms with Gasteiger partial charge in [-0.05, 0) is 17.7 Å². The molecule has 0 atom stereocenters. The van der Waals surface area contributed by atoms with Crippen molar-refractivity contribution in [3.63, 3.8) is 0 Å². The number of benzene rings is 1. The Morgan fingerprint density at radius 3 is 2.95 bits per heavy atom. The summed E-state index contributed by atoms with van der Waals surface area (Å²) in [5, 5.41) is 8.50. The van der Waals surface area contributed by atoms with Crippen LogP contribution in [0.4, 0.5) is 0 Å². The number of aromatic nitrogens is 3. The second-order valence-corrected chi connectivity index (χ2v) is 5.74. The molecule has 0 fully saturated rings. The van der Waals surface area contributed by atoms with E-state index in [-0.39, 0.29) is 5.56 Å². The Kier molecular flexibility index (Phi) is 4.93. The van der Waals surface area contributed by atoms with Gasteiger partial charge in [-0.25, -0.2) is 0 Å². The Hall–Kier alpha value is -1.40. The monoisotopic (exact) mass is 337 g/mol. The van der Waals surface area contributed by atoms with Crippen molar-refractivity contribution in [1.29, 1.82) is 0 Å². The molecule has 1 N–H and O–H groups in total. The molecule has 0 aliphatic heterocycles. The van der Waals surface area contributed by atoms with Crippen LogP contribution in [-0.2, 0) is 6.42 Å². The van der Waals surface area contributed by atoms with E-state index in [1.54, 1.807) is 6.08 Å². The summed E-state index contributed by atoms with van der Waals surface area (Å²) in [5.74, 6) is 0.690. The average Bonchev–Trinajstić information content (AvgIpc) is 2.39. The van der Waals surface area contributed by atoms with Crippen LogP contribution in [0.5, 0.6) is 0 Å². The number of halogens is 1. The summed E-state index contributed by atoms with van der Waals surface area (Å²) >= 11 is 4.80. The van der Waals surface area contributed by atoms with Crippen molar-refractivity contribution in [2.75, 3.05) is 5.75 Å². The van der Waals surface area contributed by atoms with E-state index in [1.165, 1.54) is 11.8 Å². The SMILES string of the molecule is C=CCSc1nnc(Cc2cccc(Br)c2)c(=O)[nH]1. The first kappa shape index (κ1) is 14.0. The molecule has 1 heterocycles. The lowest BCUT2D eigenvalue weighted by molar-refractivity contribution is 0.773. The van der Waals surface area contributed by atoms with Crippen molar-refractivity contribution in [3.8, 4) is 0 Å². The lowest BCUT2D eigenvalue weighted by Gasteiger charge is -2.02. The Balaban J connectivity index is 2.17. The molecule has 2 rings (SSSR count). The number of aromatic amines is 1. The predicted molar refractivity (Wildman–Crippen MR) is 80.5 cm³/mol. The Bertz CT molecular complexity index is 642. The van der Waals surface area contributed by atoms with Crippen LogP contribution in [0, 0.1) is 0 Å². The molecule has 98 valence electrons. The van der Waals surface area contributed by atoms with Gasteiger partial charge in [0.15, 0.2) is 5.16 Å². The van der Waals surface area contributed by atoms with E-state index in [2.05, 4.69) is 37.7 Å². The van der Waals surface area contributed by atoms with Gasteiger partial charge in [0, 0.05) is 16.6 Å². The highest BCUT2D eigenvalue weighted by Gasteiger charge is 2.06. The van der Waals surface area contributed by atoms with Gasteiger partial charge in [-0.1, -0.05) is 45.9 Å². The second kappa shape index (κ2) is 6.68. The molecule has 6 heteroatoms. The van der Waals surface area contributed by atoms with Crippen LogP contribution in [0.1, 0.15) is 11.3 Å². The summed E-state index contributed by atoms with van der Waals surface area (Å²) in [7, 11) is 0. The van der Waals surface area contributed by atoms with E-state index in [1.807, 2.05) is 24.3 Å². The van der Waals surface area contributed by atoms with Crippen LogP contribution < -0.4 is 5.56 Å². The fourth-order valence-corrected chi connectivity index (χ4v) is 2.49. The molecule has 1 aromatic heterocycles. The Morgan fingerprint density at radius 1 is 1.42 bits per heavy atom. The maximum absolute atomic E-state index is 11.9. The van der Waals surface area contributed by atoms with Crippen LogP contribution >= 0.6 is 27.7 Å². The molecule has 0 saturated heterocycles. The number of hydrogen-bond acceptors (Lipinski definition) is 4. The van der Waals surface area contributed by atoms with Crippen LogP contribution in [0.2, 0.25) is 0 Å². The highest BCUT2D eigenvalue weighted by atomic mass is 79.9. The quantitative estimate of drug-likeness (QED) is 0.673. The number of nitrogens with zero attached hydrogens (tertiary/aromatic N) is 2. The van der Waals surface area contributed by atoms with Crippen LogP contribution in [0.15, 0.2) is 51.3 Å². The third kappa shape index (κ3) is 4.04. The van der Waals surface area contributed by atoms with Crippen molar-refractivity contribution in [3.05, 3.63) is 63.0 Å². The van der Waals surface area contributed by atoms with Crippen molar-refractivity contribution >= 4 is 27.7 Å². The fraction of sp³-hybridized carbons (Fsp3) is 0.154. The first-order chi connectivity index (χ1) is 9.19. The average molecular weight is 338 g/mol. The standard InChI is InChI=1S/C13H12BrN3OS/c1-2-6-19-13-15-12(18)11(16-17-13)8-9-4-3-5-10(14)7-9/h2-5,7H,1,6,8H2,(H,15,17,18). The first-order valence-electron chi connectivity index (χ1n) is 5.63. The zero-order chi connectivity index (χ0) is 13.7. The maximum atomic E-state index is 11.9. The molecule has 0 spiro atoms. The number of H-pyrrole nitrogens is 1. The molecule has 1 aromatic carbocycles. The van der Waals surface area contributed by atoms with Crippen LogP contribution in [0.25, 0.3) is 0 Å². The zero-order valence-corrected chi connectivity index (χ0v) is 12.5. The summed E-state index contributed by atoms with van der Waals surface area (Å²) in [6, 6.07) is 7.78. The summed E-state index contributed by atoms with van der Waals surface area (Å²) < 4.78 is 0.979. The number of thioether (sulfide) groups is 1. The van der Waals surface area contributed by atoms with Crippen molar-refractivity contribution < 1.29 is 0 Å². The molecular weight excluding hydrogens is 326 g/mol. The van der Waals surface area contributed by atoms with Gasteiger partial charge in [-0.15, -0.1) is 16.8 Å².